The zero-order valence-electron chi connectivity index (χ0n) is 18.1. The molecule has 0 atom stereocenters. The van der Waals surface area contributed by atoms with E-state index in [0.717, 1.165) is 42.0 Å². The van der Waals surface area contributed by atoms with Crippen molar-refractivity contribution in [2.75, 3.05) is 33.4 Å². The van der Waals surface area contributed by atoms with Crippen LogP contribution >= 0.6 is 0 Å². The molecule has 1 aliphatic rings. The van der Waals surface area contributed by atoms with Crippen LogP contribution in [-0.4, -0.2) is 56.3 Å². The van der Waals surface area contributed by atoms with Crippen LogP contribution in [0.5, 0.6) is 5.75 Å². The summed E-state index contributed by atoms with van der Waals surface area (Å²) in [5.41, 5.74) is 1.15. The summed E-state index contributed by atoms with van der Waals surface area (Å²) in [5, 5.41) is 9.17. The van der Waals surface area contributed by atoms with Crippen molar-refractivity contribution in [1.29, 1.82) is 0 Å². The third kappa shape index (κ3) is 5.78. The molecule has 162 valence electrons. The van der Waals surface area contributed by atoms with Crippen molar-refractivity contribution in [3.8, 4) is 5.75 Å². The average molecular weight is 413 g/mol. The monoisotopic (exact) mass is 412 g/mol. The highest BCUT2D eigenvalue weighted by Crippen LogP contribution is 2.22. The molecule has 7 heteroatoms. The molecule has 1 aliphatic heterocycles. The number of fused-ring (bicyclic) bond motifs is 1. The summed E-state index contributed by atoms with van der Waals surface area (Å²) in [5.74, 6) is 1.67. The Balaban J connectivity index is 1.59. The number of guanidine groups is 1. The summed E-state index contributed by atoms with van der Waals surface area (Å²) >= 11 is 0. The van der Waals surface area contributed by atoms with E-state index in [1.165, 1.54) is 5.39 Å². The van der Waals surface area contributed by atoms with Crippen LogP contribution in [0.25, 0.3) is 10.8 Å². The zero-order chi connectivity index (χ0) is 21.3. The predicted molar refractivity (Wildman–Crippen MR) is 120 cm³/mol. The van der Waals surface area contributed by atoms with Gasteiger partial charge in [0.15, 0.2) is 5.96 Å². The molecule has 3 rings (SSSR count). The normalized spacial score (nSPS) is 15.2. The number of aliphatic imine (C=N–C) groups is 1. The molecule has 2 aromatic rings. The van der Waals surface area contributed by atoms with Crippen molar-refractivity contribution in [3.05, 3.63) is 42.0 Å². The Bertz CT molecular complexity index is 876. The molecule has 1 amide bonds. The number of likely N-dealkylation sites (tertiary alicyclic amines) is 1. The van der Waals surface area contributed by atoms with E-state index in [-0.39, 0.29) is 12.1 Å². The summed E-state index contributed by atoms with van der Waals surface area (Å²) in [6.07, 6.45) is 1.53. The first-order valence-corrected chi connectivity index (χ1v) is 10.7. The van der Waals surface area contributed by atoms with Crippen molar-refractivity contribution in [3.63, 3.8) is 0 Å². The first kappa shape index (κ1) is 21.7. The van der Waals surface area contributed by atoms with Gasteiger partial charge in [-0.1, -0.05) is 18.2 Å². The maximum Gasteiger partial charge on any atom is 0.409 e. The van der Waals surface area contributed by atoms with Crippen LogP contribution in [0.4, 0.5) is 4.79 Å². The van der Waals surface area contributed by atoms with E-state index < -0.39 is 0 Å². The molecule has 30 heavy (non-hydrogen) atoms. The average Bonchev–Trinajstić information content (AvgIpc) is 2.77. The van der Waals surface area contributed by atoms with Crippen molar-refractivity contribution in [2.45, 2.75) is 39.3 Å². The topological polar surface area (TPSA) is 75.2 Å². The first-order valence-electron chi connectivity index (χ1n) is 10.7. The number of hydrogen-bond donors (Lipinski definition) is 2. The number of piperidine rings is 1. The Morgan fingerprint density at radius 3 is 2.57 bits per heavy atom. The van der Waals surface area contributed by atoms with Gasteiger partial charge in [0.2, 0.25) is 0 Å². The maximum absolute atomic E-state index is 11.9. The van der Waals surface area contributed by atoms with Gasteiger partial charge in [0.1, 0.15) is 5.75 Å². The van der Waals surface area contributed by atoms with Gasteiger partial charge < -0.3 is 25.0 Å². The smallest absolute Gasteiger partial charge is 0.409 e. The Morgan fingerprint density at radius 1 is 1.13 bits per heavy atom. The molecule has 1 saturated heterocycles. The summed E-state index contributed by atoms with van der Waals surface area (Å²) in [6, 6.07) is 12.8. The second-order valence-corrected chi connectivity index (χ2v) is 7.35. The maximum atomic E-state index is 11.9. The fraction of sp³-hybridized carbons (Fsp3) is 0.478. The van der Waals surface area contributed by atoms with Crippen LogP contribution in [0.1, 0.15) is 32.3 Å². The second-order valence-electron chi connectivity index (χ2n) is 7.35. The van der Waals surface area contributed by atoms with Gasteiger partial charge in [-0.15, -0.1) is 0 Å². The fourth-order valence-corrected chi connectivity index (χ4v) is 3.60. The fourth-order valence-electron chi connectivity index (χ4n) is 3.60. The van der Waals surface area contributed by atoms with E-state index in [2.05, 4.69) is 41.8 Å². The third-order valence-electron chi connectivity index (χ3n) is 5.24. The lowest BCUT2D eigenvalue weighted by molar-refractivity contribution is 0.0963. The number of carbonyl (C=O) groups excluding carboxylic acids is 1. The van der Waals surface area contributed by atoms with E-state index in [4.69, 9.17) is 14.5 Å². The minimum atomic E-state index is -0.217. The molecule has 0 aromatic heterocycles. The number of nitrogens with one attached hydrogen (secondary N) is 2. The van der Waals surface area contributed by atoms with Gasteiger partial charge in [-0.25, -0.2) is 9.79 Å². The molecule has 0 aliphatic carbocycles. The Kier molecular flexibility index (Phi) is 7.76. The van der Waals surface area contributed by atoms with E-state index in [1.807, 2.05) is 19.1 Å². The van der Waals surface area contributed by atoms with Crippen molar-refractivity contribution in [2.24, 2.45) is 4.99 Å². The Hall–Kier alpha value is -2.96. The van der Waals surface area contributed by atoms with Crippen LogP contribution in [0.2, 0.25) is 0 Å². The van der Waals surface area contributed by atoms with E-state index in [1.54, 1.807) is 12.0 Å². The molecule has 2 N–H and O–H groups in total. The minimum Gasteiger partial charge on any atom is -0.497 e. The first-order chi connectivity index (χ1) is 14.6. The summed E-state index contributed by atoms with van der Waals surface area (Å²) in [6.45, 7) is 7.09. The zero-order valence-corrected chi connectivity index (χ0v) is 18.1. The third-order valence-corrected chi connectivity index (χ3v) is 5.24. The van der Waals surface area contributed by atoms with Gasteiger partial charge in [-0.05, 0) is 61.2 Å². The lowest BCUT2D eigenvalue weighted by Gasteiger charge is -2.32. The van der Waals surface area contributed by atoms with Crippen molar-refractivity contribution >= 4 is 22.8 Å². The number of hydrogen-bond acceptors (Lipinski definition) is 4. The van der Waals surface area contributed by atoms with Crippen molar-refractivity contribution in [1.82, 2.24) is 15.5 Å². The molecule has 7 nitrogen and oxygen atoms in total. The summed E-state index contributed by atoms with van der Waals surface area (Å²) in [4.78, 5) is 18.4. The lowest BCUT2D eigenvalue weighted by Crippen LogP contribution is -2.49. The molecule has 1 fully saturated rings. The van der Waals surface area contributed by atoms with Gasteiger partial charge >= 0.3 is 6.09 Å². The molecule has 0 spiro atoms. The molecule has 2 aromatic carbocycles. The minimum absolute atomic E-state index is 0.217. The van der Waals surface area contributed by atoms with Gasteiger partial charge in [0.05, 0.1) is 20.3 Å². The van der Waals surface area contributed by atoms with Crippen LogP contribution in [0, 0.1) is 0 Å². The molecule has 0 unspecified atom stereocenters. The number of ether oxygens (including phenoxy) is 2. The number of benzene rings is 2. The SMILES string of the molecule is CCNC(=NCc1ccc2cc(OC)ccc2c1)NC1CCN(C(=O)OCC)CC1. The summed E-state index contributed by atoms with van der Waals surface area (Å²) in [7, 11) is 1.68. The summed E-state index contributed by atoms with van der Waals surface area (Å²) < 4.78 is 10.4. The number of nitrogens with zero attached hydrogens (tertiary/aromatic N) is 2. The Morgan fingerprint density at radius 2 is 1.87 bits per heavy atom. The van der Waals surface area contributed by atoms with Crippen molar-refractivity contribution < 1.29 is 14.3 Å². The molecular weight excluding hydrogens is 380 g/mol. The number of amides is 1. The van der Waals surface area contributed by atoms with Crippen LogP contribution in [0.15, 0.2) is 41.4 Å². The highest BCUT2D eigenvalue weighted by molar-refractivity contribution is 5.85. The van der Waals surface area contributed by atoms with Crippen LogP contribution < -0.4 is 15.4 Å². The molecule has 0 saturated carbocycles. The number of rotatable bonds is 6. The van der Waals surface area contributed by atoms with E-state index >= 15 is 0 Å². The molecule has 0 radical (unpaired) electrons. The quantitative estimate of drug-likeness (QED) is 0.561. The predicted octanol–water partition coefficient (Wildman–Crippen LogP) is 3.52. The van der Waals surface area contributed by atoms with E-state index in [0.29, 0.717) is 26.2 Å². The van der Waals surface area contributed by atoms with Gasteiger partial charge in [0.25, 0.3) is 0 Å². The lowest BCUT2D eigenvalue weighted by atomic mass is 10.1. The van der Waals surface area contributed by atoms with Gasteiger partial charge in [-0.2, -0.15) is 0 Å². The second kappa shape index (κ2) is 10.7. The molecule has 1 heterocycles. The molecule has 0 bridgehead atoms. The highest BCUT2D eigenvalue weighted by atomic mass is 16.6. The number of carbonyl (C=O) groups is 1. The standard InChI is InChI=1S/C23H32N4O3/c1-4-24-22(26-20-10-12-27(13-11-20)23(28)30-5-2)25-16-17-6-7-19-15-21(29-3)9-8-18(19)14-17/h6-9,14-15,20H,4-5,10-13,16H2,1-3H3,(H2,24,25,26). The van der Waals surface area contributed by atoms with Crippen LogP contribution in [0.3, 0.4) is 0 Å². The van der Waals surface area contributed by atoms with Crippen LogP contribution in [-0.2, 0) is 11.3 Å². The largest absolute Gasteiger partial charge is 0.497 e. The van der Waals surface area contributed by atoms with Gasteiger partial charge in [0, 0.05) is 25.7 Å². The Labute approximate surface area is 178 Å². The van der Waals surface area contributed by atoms with Gasteiger partial charge in [-0.3, -0.25) is 0 Å². The van der Waals surface area contributed by atoms with E-state index in [9.17, 15) is 4.79 Å². The highest BCUT2D eigenvalue weighted by Gasteiger charge is 2.24. The number of methoxy groups -OCH3 is 1. The molecular formula is C23H32N4O3.